The highest BCUT2D eigenvalue weighted by molar-refractivity contribution is 14.1. The summed E-state index contributed by atoms with van der Waals surface area (Å²) in [5, 5.41) is 2.37. The van der Waals surface area contributed by atoms with E-state index in [0.29, 0.717) is 0 Å². The normalized spacial score (nSPS) is 9.29. The molecule has 0 aliphatic carbocycles. The number of aromatic amines is 1. The molecule has 0 aromatic carbocycles. The molecule has 4 heteroatoms. The summed E-state index contributed by atoms with van der Waals surface area (Å²) in [5.74, 6) is 0. The van der Waals surface area contributed by atoms with Crippen LogP contribution in [0.15, 0.2) is 15.4 Å². The van der Waals surface area contributed by atoms with Gasteiger partial charge in [0.05, 0.1) is 6.07 Å². The maximum atomic E-state index is 10.1. The predicted octanol–water partition coefficient (Wildman–Crippen LogP) is 0.573. The van der Waals surface area contributed by atoms with Gasteiger partial charge in [-0.2, -0.15) is 0 Å². The summed E-state index contributed by atoms with van der Waals surface area (Å²) in [6.45, 7) is 0. The van der Waals surface area contributed by atoms with Gasteiger partial charge in [0, 0.05) is 0 Å². The second-order valence-electron chi connectivity index (χ2n) is 1.02. The molecule has 0 bridgehead atoms. The molecule has 1 aromatic heterocycles. The van der Waals surface area contributed by atoms with Gasteiger partial charge in [-0.1, -0.05) is 0 Å². The molecular formula is C3H2INO2. The molecule has 38 valence electrons. The molecule has 0 radical (unpaired) electrons. The number of H-pyrrole nitrogens is 1. The SMILES string of the molecule is O=c1cc(I)[nH]o1. The van der Waals surface area contributed by atoms with Crippen LogP contribution < -0.4 is 5.63 Å². The van der Waals surface area contributed by atoms with Gasteiger partial charge in [-0.05, 0) is 22.6 Å². The van der Waals surface area contributed by atoms with E-state index in [2.05, 4.69) is 9.68 Å². The Morgan fingerprint density at radius 3 is 2.71 bits per heavy atom. The first-order chi connectivity index (χ1) is 3.29. The van der Waals surface area contributed by atoms with E-state index in [4.69, 9.17) is 0 Å². The quantitative estimate of drug-likeness (QED) is 0.637. The summed E-state index contributed by atoms with van der Waals surface area (Å²) in [5.41, 5.74) is -0.329. The average Bonchev–Trinajstić information content (AvgIpc) is 1.87. The summed E-state index contributed by atoms with van der Waals surface area (Å²) >= 11 is 1.95. The number of hydrogen-bond acceptors (Lipinski definition) is 2. The van der Waals surface area contributed by atoms with Crippen molar-refractivity contribution in [3.63, 3.8) is 0 Å². The molecule has 1 N–H and O–H groups in total. The zero-order chi connectivity index (χ0) is 5.28. The molecule has 1 rings (SSSR count). The topological polar surface area (TPSA) is 46.0 Å². The smallest absolute Gasteiger partial charge is 0.338 e. The first-order valence-electron chi connectivity index (χ1n) is 1.63. The zero-order valence-electron chi connectivity index (χ0n) is 3.27. The fourth-order valence-corrected chi connectivity index (χ4v) is 0.626. The van der Waals surface area contributed by atoms with Crippen LogP contribution >= 0.6 is 22.6 Å². The standard InChI is InChI=1S/C3H2INO2/c4-2-1-3(6)7-5-2/h1,5H. The van der Waals surface area contributed by atoms with E-state index in [9.17, 15) is 4.79 Å². The maximum absolute atomic E-state index is 10.1. The van der Waals surface area contributed by atoms with Gasteiger partial charge in [-0.3, -0.25) is 0 Å². The van der Waals surface area contributed by atoms with Crippen molar-refractivity contribution < 1.29 is 4.52 Å². The van der Waals surface area contributed by atoms with Crippen molar-refractivity contribution in [3.05, 3.63) is 20.2 Å². The monoisotopic (exact) mass is 211 g/mol. The van der Waals surface area contributed by atoms with Crippen LogP contribution in [0.2, 0.25) is 0 Å². The number of hydrogen-bond donors (Lipinski definition) is 1. The summed E-state index contributed by atoms with van der Waals surface area (Å²) in [6.07, 6.45) is 0. The molecule has 0 saturated carbocycles. The molecule has 0 fully saturated rings. The summed E-state index contributed by atoms with van der Waals surface area (Å²) in [6, 6.07) is 1.38. The molecule has 1 heterocycles. The Morgan fingerprint density at radius 1 is 1.86 bits per heavy atom. The van der Waals surface area contributed by atoms with Gasteiger partial charge in [-0.15, -0.1) is 0 Å². The third kappa shape index (κ3) is 1.05. The lowest BCUT2D eigenvalue weighted by Crippen LogP contribution is -1.84. The number of aromatic nitrogens is 1. The summed E-state index contributed by atoms with van der Waals surface area (Å²) in [7, 11) is 0. The first kappa shape index (κ1) is 4.89. The van der Waals surface area contributed by atoms with Crippen molar-refractivity contribution in [1.29, 1.82) is 0 Å². The Kier molecular flexibility index (Phi) is 1.18. The van der Waals surface area contributed by atoms with E-state index in [1.165, 1.54) is 6.07 Å². The molecule has 3 nitrogen and oxygen atoms in total. The van der Waals surface area contributed by atoms with Crippen molar-refractivity contribution in [2.24, 2.45) is 0 Å². The lowest BCUT2D eigenvalue weighted by molar-refractivity contribution is 0.387. The van der Waals surface area contributed by atoms with Crippen molar-refractivity contribution in [2.75, 3.05) is 0 Å². The highest BCUT2D eigenvalue weighted by Gasteiger charge is 1.87. The minimum absolute atomic E-state index is 0.329. The highest BCUT2D eigenvalue weighted by atomic mass is 127. The maximum Gasteiger partial charge on any atom is 0.358 e. The minimum atomic E-state index is -0.329. The van der Waals surface area contributed by atoms with Crippen molar-refractivity contribution in [2.45, 2.75) is 0 Å². The molecule has 0 amide bonds. The fraction of sp³-hybridized carbons (Fsp3) is 0. The van der Waals surface area contributed by atoms with Crippen LogP contribution in [0, 0.1) is 3.70 Å². The van der Waals surface area contributed by atoms with Crippen LogP contribution in [-0.4, -0.2) is 5.16 Å². The van der Waals surface area contributed by atoms with Gasteiger partial charge in [0.1, 0.15) is 3.70 Å². The number of rotatable bonds is 0. The number of halogens is 1. The predicted molar refractivity (Wildman–Crippen MR) is 32.0 cm³/mol. The Balaban J connectivity index is 3.30. The van der Waals surface area contributed by atoms with Gasteiger partial charge in [0.15, 0.2) is 0 Å². The van der Waals surface area contributed by atoms with Crippen LogP contribution in [0.3, 0.4) is 0 Å². The van der Waals surface area contributed by atoms with Gasteiger partial charge >= 0.3 is 5.63 Å². The van der Waals surface area contributed by atoms with E-state index in [-0.39, 0.29) is 5.63 Å². The average molecular weight is 211 g/mol. The molecule has 7 heavy (non-hydrogen) atoms. The molecule has 1 aromatic rings. The Morgan fingerprint density at radius 2 is 2.57 bits per heavy atom. The van der Waals surface area contributed by atoms with Crippen molar-refractivity contribution in [1.82, 2.24) is 5.16 Å². The highest BCUT2D eigenvalue weighted by Crippen LogP contribution is 1.91. The molecule has 0 saturated heterocycles. The van der Waals surface area contributed by atoms with Crippen molar-refractivity contribution >= 4 is 22.6 Å². The second-order valence-corrected chi connectivity index (χ2v) is 2.18. The first-order valence-corrected chi connectivity index (χ1v) is 2.71. The summed E-state index contributed by atoms with van der Waals surface area (Å²) in [4.78, 5) is 10.1. The van der Waals surface area contributed by atoms with Crippen LogP contribution in [0.25, 0.3) is 0 Å². The number of nitrogens with one attached hydrogen (secondary N) is 1. The van der Waals surface area contributed by atoms with Gasteiger partial charge < -0.3 is 4.52 Å². The molecular weight excluding hydrogens is 209 g/mol. The van der Waals surface area contributed by atoms with Crippen molar-refractivity contribution in [3.8, 4) is 0 Å². The lowest BCUT2D eigenvalue weighted by atomic mass is 10.8. The molecule has 0 unspecified atom stereocenters. The van der Waals surface area contributed by atoms with Crippen LogP contribution in [-0.2, 0) is 0 Å². The summed E-state index contributed by atoms with van der Waals surface area (Å²) < 4.78 is 5.00. The molecule has 0 aliphatic rings. The van der Waals surface area contributed by atoms with E-state index in [1.54, 1.807) is 0 Å². The third-order valence-corrected chi connectivity index (χ3v) is 1.03. The van der Waals surface area contributed by atoms with E-state index >= 15 is 0 Å². The van der Waals surface area contributed by atoms with E-state index in [1.807, 2.05) is 22.6 Å². The zero-order valence-corrected chi connectivity index (χ0v) is 5.43. The molecule has 0 aliphatic heterocycles. The third-order valence-electron chi connectivity index (χ3n) is 0.494. The Bertz CT molecular complexity index is 201. The second kappa shape index (κ2) is 1.69. The van der Waals surface area contributed by atoms with Gasteiger partial charge in [-0.25, -0.2) is 9.95 Å². The van der Waals surface area contributed by atoms with Crippen LogP contribution in [0.1, 0.15) is 0 Å². The molecule has 0 spiro atoms. The fourth-order valence-electron chi connectivity index (χ4n) is 0.261. The van der Waals surface area contributed by atoms with Crippen LogP contribution in [0.5, 0.6) is 0 Å². The Hall–Kier alpha value is -0.260. The van der Waals surface area contributed by atoms with E-state index in [0.717, 1.165) is 3.70 Å². The molecule has 0 atom stereocenters. The van der Waals surface area contributed by atoms with Gasteiger partial charge in [0.2, 0.25) is 0 Å². The lowest BCUT2D eigenvalue weighted by Gasteiger charge is -1.64. The van der Waals surface area contributed by atoms with Crippen LogP contribution in [0.4, 0.5) is 0 Å². The minimum Gasteiger partial charge on any atom is -0.338 e. The van der Waals surface area contributed by atoms with Gasteiger partial charge in [0.25, 0.3) is 0 Å². The van der Waals surface area contributed by atoms with E-state index < -0.39 is 0 Å². The largest absolute Gasteiger partial charge is 0.358 e. The Labute approximate surface area is 52.8 Å².